The van der Waals surface area contributed by atoms with Gasteiger partial charge in [-0.15, -0.1) is 12.4 Å². The predicted octanol–water partition coefficient (Wildman–Crippen LogP) is 2.42. The molecule has 1 aliphatic heterocycles. The quantitative estimate of drug-likeness (QED) is 0.772. The average molecular weight is 416 g/mol. The lowest BCUT2D eigenvalue weighted by molar-refractivity contribution is -0.126. The van der Waals surface area contributed by atoms with Crippen LogP contribution in [0.2, 0.25) is 0 Å². The lowest BCUT2D eigenvalue weighted by atomic mass is 9.85. The lowest BCUT2D eigenvalue weighted by Gasteiger charge is -2.26. The Kier molecular flexibility index (Phi) is 8.09. The number of carbonyl (C=O) groups is 1. The number of benzene rings is 1. The van der Waals surface area contributed by atoms with Crippen LogP contribution in [0.3, 0.4) is 0 Å². The van der Waals surface area contributed by atoms with Gasteiger partial charge >= 0.3 is 0 Å². The Balaban J connectivity index is 0.00000261. The molecule has 0 spiro atoms. The molecule has 2 fully saturated rings. The first kappa shape index (κ1) is 22.1. The van der Waals surface area contributed by atoms with Gasteiger partial charge in [-0.25, -0.2) is 8.42 Å². The molecule has 2 aliphatic rings. The number of rotatable bonds is 5. The Labute approximate surface area is 168 Å². The van der Waals surface area contributed by atoms with Crippen molar-refractivity contribution in [1.82, 2.24) is 9.62 Å². The summed E-state index contributed by atoms with van der Waals surface area (Å²) in [5, 5.41) is 2.94. The number of carbonyl (C=O) groups excluding carboxylic acids is 1. The van der Waals surface area contributed by atoms with Crippen molar-refractivity contribution in [2.75, 3.05) is 13.1 Å². The molecule has 152 valence electrons. The number of sulfonamides is 1. The van der Waals surface area contributed by atoms with Gasteiger partial charge in [-0.05, 0) is 49.8 Å². The van der Waals surface area contributed by atoms with Crippen molar-refractivity contribution >= 4 is 28.3 Å². The van der Waals surface area contributed by atoms with Crippen LogP contribution < -0.4 is 11.1 Å². The maximum Gasteiger partial charge on any atom is 0.243 e. The molecule has 1 aromatic rings. The van der Waals surface area contributed by atoms with Crippen molar-refractivity contribution in [2.24, 2.45) is 11.7 Å². The van der Waals surface area contributed by atoms with E-state index in [0.29, 0.717) is 24.5 Å². The summed E-state index contributed by atoms with van der Waals surface area (Å²) in [5.74, 6) is -0.0107. The van der Waals surface area contributed by atoms with Crippen molar-refractivity contribution < 1.29 is 13.2 Å². The predicted molar refractivity (Wildman–Crippen MR) is 108 cm³/mol. The summed E-state index contributed by atoms with van der Waals surface area (Å²) in [7, 11) is -3.45. The van der Waals surface area contributed by atoms with E-state index in [-0.39, 0.29) is 30.3 Å². The van der Waals surface area contributed by atoms with E-state index in [0.717, 1.165) is 50.5 Å². The van der Waals surface area contributed by atoms with Crippen LogP contribution in [0, 0.1) is 5.92 Å². The highest BCUT2D eigenvalue weighted by molar-refractivity contribution is 7.89. The molecule has 1 saturated heterocycles. The molecule has 1 amide bonds. The standard InChI is InChI=1S/C19H29N3O3S.ClH/c20-17-8-5-7-16(13-17)19(23)21-14-15-6-4-9-18(12-15)26(24,25)22-10-2-1-3-11-22;/h4,6,9,12,16-17H,1-3,5,7-8,10-11,13-14,20H2,(H,21,23);1H. The fourth-order valence-corrected chi connectivity index (χ4v) is 5.46. The van der Waals surface area contributed by atoms with Gasteiger partial charge in [0.15, 0.2) is 0 Å². The van der Waals surface area contributed by atoms with E-state index in [1.54, 1.807) is 22.5 Å². The number of piperidine rings is 1. The van der Waals surface area contributed by atoms with Crippen molar-refractivity contribution in [3.8, 4) is 0 Å². The zero-order valence-corrected chi connectivity index (χ0v) is 17.2. The van der Waals surface area contributed by atoms with Gasteiger partial charge in [-0.2, -0.15) is 4.31 Å². The molecule has 3 rings (SSSR count). The number of halogens is 1. The monoisotopic (exact) mass is 415 g/mol. The molecule has 6 nitrogen and oxygen atoms in total. The van der Waals surface area contributed by atoms with E-state index in [1.165, 1.54) is 0 Å². The van der Waals surface area contributed by atoms with Gasteiger partial charge in [-0.3, -0.25) is 4.79 Å². The van der Waals surface area contributed by atoms with E-state index in [4.69, 9.17) is 5.73 Å². The molecule has 0 aromatic heterocycles. The lowest BCUT2D eigenvalue weighted by Crippen LogP contribution is -2.37. The SMILES string of the molecule is Cl.NC1CCCC(C(=O)NCc2cccc(S(=O)(=O)N3CCCCC3)c2)C1. The highest BCUT2D eigenvalue weighted by Gasteiger charge is 2.27. The first-order valence-corrected chi connectivity index (χ1v) is 11.0. The summed E-state index contributed by atoms with van der Waals surface area (Å²) in [6.45, 7) is 1.52. The zero-order valence-electron chi connectivity index (χ0n) is 15.6. The maximum atomic E-state index is 12.8. The Morgan fingerprint density at radius 1 is 1.15 bits per heavy atom. The minimum Gasteiger partial charge on any atom is -0.352 e. The molecule has 3 N–H and O–H groups in total. The van der Waals surface area contributed by atoms with Gasteiger partial charge in [0.1, 0.15) is 0 Å². The van der Waals surface area contributed by atoms with Crippen LogP contribution in [0.1, 0.15) is 50.5 Å². The number of hydrogen-bond acceptors (Lipinski definition) is 4. The third kappa shape index (κ3) is 5.67. The zero-order chi connectivity index (χ0) is 18.6. The van der Waals surface area contributed by atoms with Crippen LogP contribution in [0.5, 0.6) is 0 Å². The number of amides is 1. The molecule has 8 heteroatoms. The molecule has 2 unspecified atom stereocenters. The maximum absolute atomic E-state index is 12.8. The first-order chi connectivity index (χ1) is 12.5. The molecule has 0 bridgehead atoms. The van der Waals surface area contributed by atoms with E-state index < -0.39 is 10.0 Å². The van der Waals surface area contributed by atoms with Gasteiger partial charge in [0.25, 0.3) is 0 Å². The molecular formula is C19H30ClN3O3S. The van der Waals surface area contributed by atoms with Crippen molar-refractivity contribution in [3.63, 3.8) is 0 Å². The smallest absolute Gasteiger partial charge is 0.243 e. The number of hydrogen-bond donors (Lipinski definition) is 2. The Hall–Kier alpha value is -1.15. The second kappa shape index (κ2) is 9.87. The largest absolute Gasteiger partial charge is 0.352 e. The summed E-state index contributed by atoms with van der Waals surface area (Å²) in [4.78, 5) is 12.7. The Bertz CT molecular complexity index is 735. The fraction of sp³-hybridized carbons (Fsp3) is 0.632. The van der Waals surface area contributed by atoms with E-state index in [1.807, 2.05) is 6.07 Å². The average Bonchev–Trinajstić information content (AvgIpc) is 2.67. The topological polar surface area (TPSA) is 92.5 Å². The van der Waals surface area contributed by atoms with Crippen LogP contribution in [-0.2, 0) is 21.4 Å². The summed E-state index contributed by atoms with van der Waals surface area (Å²) >= 11 is 0. The van der Waals surface area contributed by atoms with Gasteiger partial charge in [-0.1, -0.05) is 25.0 Å². The molecule has 27 heavy (non-hydrogen) atoms. The van der Waals surface area contributed by atoms with Gasteiger partial charge < -0.3 is 11.1 Å². The molecular weight excluding hydrogens is 386 g/mol. The van der Waals surface area contributed by atoms with Gasteiger partial charge in [0, 0.05) is 31.6 Å². The minimum absolute atomic E-state index is 0. The Morgan fingerprint density at radius 3 is 2.59 bits per heavy atom. The second-order valence-electron chi connectivity index (χ2n) is 7.45. The van der Waals surface area contributed by atoms with Gasteiger partial charge in [0.05, 0.1) is 4.90 Å². The minimum atomic E-state index is -3.45. The fourth-order valence-electron chi connectivity index (χ4n) is 3.87. The van der Waals surface area contributed by atoms with Crippen LogP contribution in [0.15, 0.2) is 29.2 Å². The summed E-state index contributed by atoms with van der Waals surface area (Å²) in [5.41, 5.74) is 6.76. The van der Waals surface area contributed by atoms with E-state index >= 15 is 0 Å². The Morgan fingerprint density at radius 2 is 1.89 bits per heavy atom. The van der Waals surface area contributed by atoms with Crippen molar-refractivity contribution in [1.29, 1.82) is 0 Å². The first-order valence-electron chi connectivity index (χ1n) is 9.59. The second-order valence-corrected chi connectivity index (χ2v) is 9.39. The van der Waals surface area contributed by atoms with E-state index in [9.17, 15) is 13.2 Å². The van der Waals surface area contributed by atoms with Crippen molar-refractivity contribution in [2.45, 2.75) is 62.4 Å². The van der Waals surface area contributed by atoms with Crippen LogP contribution >= 0.6 is 12.4 Å². The number of nitrogens with zero attached hydrogens (tertiary/aromatic N) is 1. The van der Waals surface area contributed by atoms with Gasteiger partial charge in [0.2, 0.25) is 15.9 Å². The summed E-state index contributed by atoms with van der Waals surface area (Å²) < 4.78 is 27.1. The van der Waals surface area contributed by atoms with Crippen molar-refractivity contribution in [3.05, 3.63) is 29.8 Å². The molecule has 1 saturated carbocycles. The van der Waals surface area contributed by atoms with Crippen LogP contribution in [0.25, 0.3) is 0 Å². The molecule has 1 aromatic carbocycles. The van der Waals surface area contributed by atoms with E-state index in [2.05, 4.69) is 5.32 Å². The highest BCUT2D eigenvalue weighted by atomic mass is 35.5. The molecule has 1 heterocycles. The summed E-state index contributed by atoms with van der Waals surface area (Å²) in [6.07, 6.45) is 6.50. The summed E-state index contributed by atoms with van der Waals surface area (Å²) in [6, 6.07) is 7.01. The normalized spacial score (nSPS) is 24.0. The van der Waals surface area contributed by atoms with Crippen LogP contribution in [0.4, 0.5) is 0 Å². The molecule has 0 radical (unpaired) electrons. The highest BCUT2D eigenvalue weighted by Crippen LogP contribution is 2.24. The van der Waals surface area contributed by atoms with Crippen LogP contribution in [-0.4, -0.2) is 37.8 Å². The number of nitrogens with two attached hydrogens (primary N) is 1. The molecule has 2 atom stereocenters. The molecule has 1 aliphatic carbocycles. The third-order valence-corrected chi connectivity index (χ3v) is 7.30. The third-order valence-electron chi connectivity index (χ3n) is 5.40. The number of nitrogens with one attached hydrogen (secondary N) is 1.